The van der Waals surface area contributed by atoms with E-state index >= 15 is 0 Å². The number of benzene rings is 1. The number of hydrogen-bond donors (Lipinski definition) is 1. The first kappa shape index (κ1) is 11.9. The Morgan fingerprint density at radius 3 is 2.94 bits per heavy atom. The lowest BCUT2D eigenvalue weighted by Crippen LogP contribution is -1.90. The Bertz CT molecular complexity index is 482. The summed E-state index contributed by atoms with van der Waals surface area (Å²) < 4.78 is 5.21. The molecule has 0 amide bonds. The average molecular weight is 248 g/mol. The molecule has 0 bridgehead atoms. The molecule has 0 aliphatic rings. The topological polar surface area (TPSA) is 34.2 Å². The molecule has 1 N–H and O–H groups in total. The number of methoxy groups -OCH3 is 1. The van der Waals surface area contributed by atoms with Crippen LogP contribution in [0.2, 0.25) is 0 Å². The van der Waals surface area contributed by atoms with Crippen LogP contribution in [0, 0.1) is 0 Å². The molecule has 0 aliphatic heterocycles. The monoisotopic (exact) mass is 248 g/mol. The van der Waals surface area contributed by atoms with Gasteiger partial charge in [0.2, 0.25) is 0 Å². The minimum Gasteiger partial charge on any atom is -0.497 e. The number of thiazole rings is 1. The Kier molecular flexibility index (Phi) is 3.98. The largest absolute Gasteiger partial charge is 0.497 e. The number of ether oxygens (including phenoxy) is 1. The highest BCUT2D eigenvalue weighted by molar-refractivity contribution is 7.15. The van der Waals surface area contributed by atoms with E-state index in [1.807, 2.05) is 25.4 Å². The first-order valence-corrected chi connectivity index (χ1v) is 6.39. The lowest BCUT2D eigenvalue weighted by molar-refractivity contribution is 0.414. The predicted molar refractivity (Wildman–Crippen MR) is 72.1 cm³/mol. The molecule has 1 aromatic carbocycles. The van der Waals surface area contributed by atoms with Gasteiger partial charge in [-0.2, -0.15) is 0 Å². The molecular formula is C13H16N2OS. The zero-order valence-electron chi connectivity index (χ0n) is 10.1. The van der Waals surface area contributed by atoms with Gasteiger partial charge in [0.15, 0.2) is 5.13 Å². The molecule has 4 heteroatoms. The standard InChI is InChI=1S/C13H16N2OS/c1-14-13-15-9-12(17-13)7-6-10-4-3-5-11(8-10)16-2/h3-5,8-9H,6-7H2,1-2H3,(H,14,15). The van der Waals surface area contributed by atoms with Gasteiger partial charge in [-0.3, -0.25) is 0 Å². The highest BCUT2D eigenvalue weighted by Gasteiger charge is 2.01. The van der Waals surface area contributed by atoms with E-state index in [0.29, 0.717) is 0 Å². The first-order chi connectivity index (χ1) is 8.31. The molecule has 0 unspecified atom stereocenters. The maximum Gasteiger partial charge on any atom is 0.182 e. The Balaban J connectivity index is 1.96. The molecule has 17 heavy (non-hydrogen) atoms. The molecule has 1 heterocycles. The maximum absolute atomic E-state index is 5.21. The average Bonchev–Trinajstić information content (AvgIpc) is 2.84. The van der Waals surface area contributed by atoms with Crippen LogP contribution in [0.5, 0.6) is 5.75 Å². The maximum atomic E-state index is 5.21. The predicted octanol–water partition coefficient (Wildman–Crippen LogP) is 2.98. The number of anilines is 1. The third kappa shape index (κ3) is 3.20. The van der Waals surface area contributed by atoms with Crippen LogP contribution in [0.4, 0.5) is 5.13 Å². The van der Waals surface area contributed by atoms with Crippen molar-refractivity contribution in [1.82, 2.24) is 4.98 Å². The van der Waals surface area contributed by atoms with Gasteiger partial charge < -0.3 is 10.1 Å². The fourth-order valence-electron chi connectivity index (χ4n) is 1.63. The van der Waals surface area contributed by atoms with Crippen molar-refractivity contribution in [2.75, 3.05) is 19.5 Å². The summed E-state index contributed by atoms with van der Waals surface area (Å²) >= 11 is 1.71. The lowest BCUT2D eigenvalue weighted by Gasteiger charge is -2.03. The first-order valence-electron chi connectivity index (χ1n) is 5.57. The number of nitrogens with one attached hydrogen (secondary N) is 1. The highest BCUT2D eigenvalue weighted by Crippen LogP contribution is 2.20. The van der Waals surface area contributed by atoms with E-state index in [2.05, 4.69) is 22.4 Å². The third-order valence-corrected chi connectivity index (χ3v) is 3.64. The normalized spacial score (nSPS) is 10.2. The van der Waals surface area contributed by atoms with Crippen molar-refractivity contribution in [2.24, 2.45) is 0 Å². The second kappa shape index (κ2) is 5.68. The van der Waals surface area contributed by atoms with Crippen LogP contribution in [-0.2, 0) is 12.8 Å². The van der Waals surface area contributed by atoms with Gasteiger partial charge in [-0.1, -0.05) is 12.1 Å². The molecule has 3 nitrogen and oxygen atoms in total. The number of hydrogen-bond acceptors (Lipinski definition) is 4. The molecule has 2 aromatic rings. The summed E-state index contributed by atoms with van der Waals surface area (Å²) in [6, 6.07) is 8.21. The molecule has 0 aliphatic carbocycles. The minimum atomic E-state index is 0.919. The molecule has 90 valence electrons. The van der Waals surface area contributed by atoms with Crippen molar-refractivity contribution >= 4 is 16.5 Å². The van der Waals surface area contributed by atoms with E-state index in [9.17, 15) is 0 Å². The number of aromatic nitrogens is 1. The van der Waals surface area contributed by atoms with E-state index in [1.54, 1.807) is 18.4 Å². The van der Waals surface area contributed by atoms with Crippen molar-refractivity contribution in [3.05, 3.63) is 40.9 Å². The highest BCUT2D eigenvalue weighted by atomic mass is 32.1. The second-order valence-electron chi connectivity index (χ2n) is 3.73. The van der Waals surface area contributed by atoms with Crippen LogP contribution < -0.4 is 10.1 Å². The minimum absolute atomic E-state index is 0.919. The van der Waals surface area contributed by atoms with Gasteiger partial charge in [-0.05, 0) is 30.5 Å². The Morgan fingerprint density at radius 2 is 2.24 bits per heavy atom. The van der Waals surface area contributed by atoms with E-state index in [-0.39, 0.29) is 0 Å². The zero-order valence-corrected chi connectivity index (χ0v) is 10.9. The van der Waals surface area contributed by atoms with Gasteiger partial charge in [0.05, 0.1) is 7.11 Å². The number of rotatable bonds is 5. The van der Waals surface area contributed by atoms with Crippen LogP contribution in [0.1, 0.15) is 10.4 Å². The van der Waals surface area contributed by atoms with Crippen LogP contribution in [0.3, 0.4) is 0 Å². The smallest absolute Gasteiger partial charge is 0.182 e. The Hall–Kier alpha value is -1.55. The van der Waals surface area contributed by atoms with E-state index in [4.69, 9.17) is 4.74 Å². The van der Waals surface area contributed by atoms with Crippen molar-refractivity contribution in [2.45, 2.75) is 12.8 Å². The van der Waals surface area contributed by atoms with Crippen LogP contribution in [0.15, 0.2) is 30.5 Å². The molecule has 0 saturated heterocycles. The summed E-state index contributed by atoms with van der Waals surface area (Å²) in [5, 5.41) is 4.03. The summed E-state index contributed by atoms with van der Waals surface area (Å²) in [7, 11) is 3.59. The molecular weight excluding hydrogens is 232 g/mol. The molecule has 0 saturated carbocycles. The molecule has 2 rings (SSSR count). The van der Waals surface area contributed by atoms with E-state index in [1.165, 1.54) is 10.4 Å². The molecule has 0 atom stereocenters. The molecule has 1 aromatic heterocycles. The van der Waals surface area contributed by atoms with Crippen molar-refractivity contribution < 1.29 is 4.74 Å². The fourth-order valence-corrected chi connectivity index (χ4v) is 2.40. The molecule has 0 spiro atoms. The van der Waals surface area contributed by atoms with Gasteiger partial charge in [0.25, 0.3) is 0 Å². The van der Waals surface area contributed by atoms with Crippen molar-refractivity contribution in [3.8, 4) is 5.75 Å². The van der Waals surface area contributed by atoms with E-state index < -0.39 is 0 Å². The summed E-state index contributed by atoms with van der Waals surface area (Å²) in [6.07, 6.45) is 3.98. The van der Waals surface area contributed by atoms with Crippen LogP contribution in [0.25, 0.3) is 0 Å². The lowest BCUT2D eigenvalue weighted by atomic mass is 10.1. The number of aryl methyl sites for hydroxylation is 2. The quantitative estimate of drug-likeness (QED) is 0.883. The van der Waals surface area contributed by atoms with Crippen LogP contribution >= 0.6 is 11.3 Å². The van der Waals surface area contributed by atoms with Gasteiger partial charge in [0.1, 0.15) is 5.75 Å². The summed E-state index contributed by atoms with van der Waals surface area (Å²) in [4.78, 5) is 5.57. The second-order valence-corrected chi connectivity index (χ2v) is 4.85. The fraction of sp³-hybridized carbons (Fsp3) is 0.308. The van der Waals surface area contributed by atoms with Gasteiger partial charge in [-0.15, -0.1) is 11.3 Å². The van der Waals surface area contributed by atoms with Gasteiger partial charge in [-0.25, -0.2) is 4.98 Å². The van der Waals surface area contributed by atoms with Gasteiger partial charge in [0, 0.05) is 18.1 Å². The molecule has 0 radical (unpaired) electrons. The summed E-state index contributed by atoms with van der Waals surface area (Å²) in [5.41, 5.74) is 1.30. The van der Waals surface area contributed by atoms with Crippen molar-refractivity contribution in [3.63, 3.8) is 0 Å². The Morgan fingerprint density at radius 1 is 1.35 bits per heavy atom. The van der Waals surface area contributed by atoms with E-state index in [0.717, 1.165) is 23.7 Å². The summed E-state index contributed by atoms with van der Waals surface area (Å²) in [5.74, 6) is 0.919. The summed E-state index contributed by atoms with van der Waals surface area (Å²) in [6.45, 7) is 0. The van der Waals surface area contributed by atoms with Crippen LogP contribution in [-0.4, -0.2) is 19.1 Å². The zero-order chi connectivity index (χ0) is 12.1. The van der Waals surface area contributed by atoms with Gasteiger partial charge >= 0.3 is 0 Å². The third-order valence-electron chi connectivity index (χ3n) is 2.56. The SMILES string of the molecule is CNc1ncc(CCc2cccc(OC)c2)s1. The van der Waals surface area contributed by atoms with Crippen molar-refractivity contribution in [1.29, 1.82) is 0 Å². The Labute approximate surface area is 105 Å². The number of nitrogens with zero attached hydrogens (tertiary/aromatic N) is 1. The molecule has 0 fully saturated rings.